The molecule has 2 aromatic rings. The van der Waals surface area contributed by atoms with Gasteiger partial charge in [0.1, 0.15) is 21.6 Å². The van der Waals surface area contributed by atoms with Gasteiger partial charge in [0, 0.05) is 16.1 Å². The van der Waals surface area contributed by atoms with E-state index in [1.165, 1.54) is 11.8 Å². The second-order valence-corrected chi connectivity index (χ2v) is 7.14. The molecule has 0 unspecified atom stereocenters. The second kappa shape index (κ2) is 6.25. The van der Waals surface area contributed by atoms with Crippen molar-refractivity contribution in [3.63, 3.8) is 0 Å². The van der Waals surface area contributed by atoms with Gasteiger partial charge in [-0.3, -0.25) is 4.79 Å². The van der Waals surface area contributed by atoms with Gasteiger partial charge in [-0.2, -0.15) is 0 Å². The Morgan fingerprint density at radius 1 is 1.24 bits per heavy atom. The third-order valence-electron chi connectivity index (χ3n) is 2.81. The van der Waals surface area contributed by atoms with E-state index in [0.29, 0.717) is 11.5 Å². The maximum Gasteiger partial charge on any atom is 0.244 e. The van der Waals surface area contributed by atoms with Crippen molar-refractivity contribution < 1.29 is 9.21 Å². The first-order valence-corrected chi connectivity index (χ1v) is 8.91. The van der Waals surface area contributed by atoms with Gasteiger partial charge in [-0.05, 0) is 42.3 Å². The van der Waals surface area contributed by atoms with Gasteiger partial charge in [0.05, 0.1) is 0 Å². The molecule has 0 saturated carbocycles. The number of benzene rings is 1. The Bertz CT molecular complexity index is 747. The summed E-state index contributed by atoms with van der Waals surface area (Å²) in [6.07, 6.45) is 3.58. The molecule has 1 aliphatic rings. The average Bonchev–Trinajstić information content (AvgIpc) is 3.08. The highest BCUT2D eigenvalue weighted by Gasteiger charge is 2.21. The molecule has 0 fully saturated rings. The molecular weight excluding hydrogens is 370 g/mol. The van der Waals surface area contributed by atoms with Crippen molar-refractivity contribution >= 4 is 55.0 Å². The van der Waals surface area contributed by atoms with Gasteiger partial charge in [0.15, 0.2) is 0 Å². The third kappa shape index (κ3) is 3.33. The van der Waals surface area contributed by atoms with Crippen LogP contribution in [0.15, 0.2) is 56.0 Å². The van der Waals surface area contributed by atoms with E-state index < -0.39 is 0 Å². The summed E-state index contributed by atoms with van der Waals surface area (Å²) < 4.78 is 7.55. The Balaban J connectivity index is 1.87. The van der Waals surface area contributed by atoms with Crippen molar-refractivity contribution in [3.05, 3.63) is 52.3 Å². The smallest absolute Gasteiger partial charge is 0.244 e. The van der Waals surface area contributed by atoms with E-state index in [1.807, 2.05) is 42.7 Å². The van der Waals surface area contributed by atoms with E-state index in [-0.39, 0.29) is 5.12 Å². The van der Waals surface area contributed by atoms with Gasteiger partial charge in [-0.1, -0.05) is 28.1 Å². The van der Waals surface area contributed by atoms with Crippen LogP contribution in [-0.4, -0.2) is 15.7 Å². The van der Waals surface area contributed by atoms with E-state index in [2.05, 4.69) is 20.9 Å². The molecule has 0 saturated heterocycles. The predicted molar refractivity (Wildman–Crippen MR) is 93.4 cm³/mol. The maximum atomic E-state index is 11.8. The highest BCUT2D eigenvalue weighted by atomic mass is 79.9. The number of furan rings is 1. The molecule has 0 aliphatic carbocycles. The van der Waals surface area contributed by atoms with Crippen LogP contribution in [0.4, 0.5) is 0 Å². The summed E-state index contributed by atoms with van der Waals surface area (Å²) in [5.74, 6) is 1.39. The number of carbonyl (C=O) groups excluding carboxylic acids is 1. The van der Waals surface area contributed by atoms with Gasteiger partial charge < -0.3 is 4.42 Å². The van der Waals surface area contributed by atoms with Crippen molar-refractivity contribution in [2.24, 2.45) is 4.99 Å². The molecule has 0 bridgehead atoms. The summed E-state index contributed by atoms with van der Waals surface area (Å²) in [6.45, 7) is 0. The van der Waals surface area contributed by atoms with E-state index >= 15 is 0 Å². The van der Waals surface area contributed by atoms with Crippen molar-refractivity contribution in [2.75, 3.05) is 6.26 Å². The van der Waals surface area contributed by atoms with Crippen molar-refractivity contribution in [2.45, 2.75) is 0 Å². The van der Waals surface area contributed by atoms with Gasteiger partial charge in [-0.15, -0.1) is 11.8 Å². The fourth-order valence-electron chi connectivity index (χ4n) is 1.81. The lowest BCUT2D eigenvalue weighted by molar-refractivity contribution is -0.107. The minimum absolute atomic E-state index is 0.0408. The minimum Gasteiger partial charge on any atom is -0.457 e. The molecule has 21 heavy (non-hydrogen) atoms. The molecule has 0 radical (unpaired) electrons. The van der Waals surface area contributed by atoms with Crippen molar-refractivity contribution in [3.8, 4) is 11.3 Å². The molecule has 0 N–H and O–H groups in total. The molecule has 0 spiro atoms. The Morgan fingerprint density at radius 3 is 2.67 bits per heavy atom. The average molecular weight is 380 g/mol. The van der Waals surface area contributed by atoms with Gasteiger partial charge in [0.25, 0.3) is 0 Å². The highest BCUT2D eigenvalue weighted by Crippen LogP contribution is 2.31. The molecule has 1 aromatic carbocycles. The van der Waals surface area contributed by atoms with Crippen LogP contribution < -0.4 is 0 Å². The quantitative estimate of drug-likeness (QED) is 0.685. The van der Waals surface area contributed by atoms with Crippen molar-refractivity contribution in [1.82, 2.24) is 0 Å². The van der Waals surface area contributed by atoms with E-state index in [4.69, 9.17) is 4.42 Å². The Hall–Kier alpha value is -1.24. The molecule has 1 aliphatic heterocycles. The molecule has 3 nitrogen and oxygen atoms in total. The Labute approximate surface area is 139 Å². The lowest BCUT2D eigenvalue weighted by Gasteiger charge is -1.96. The zero-order chi connectivity index (χ0) is 14.8. The lowest BCUT2D eigenvalue weighted by atomic mass is 10.2. The summed E-state index contributed by atoms with van der Waals surface area (Å²) in [6, 6.07) is 11.6. The number of hydrogen-bond donors (Lipinski definition) is 0. The van der Waals surface area contributed by atoms with E-state index in [9.17, 15) is 4.79 Å². The molecule has 0 atom stereocenters. The van der Waals surface area contributed by atoms with Crippen LogP contribution in [0.5, 0.6) is 0 Å². The lowest BCUT2D eigenvalue weighted by Crippen LogP contribution is -1.86. The van der Waals surface area contributed by atoms with Gasteiger partial charge in [-0.25, -0.2) is 4.99 Å². The summed E-state index contributed by atoms with van der Waals surface area (Å²) in [5, 5.41) is -0.0408. The number of nitrogens with zero attached hydrogens (tertiary/aromatic N) is 1. The van der Waals surface area contributed by atoms with Gasteiger partial charge in [0.2, 0.25) is 5.12 Å². The molecule has 2 heterocycles. The molecule has 6 heteroatoms. The molecule has 0 amide bonds. The Morgan fingerprint density at radius 2 is 2.00 bits per heavy atom. The first kappa shape index (κ1) is 14.7. The third-order valence-corrected chi connectivity index (χ3v) is 5.19. The SMILES string of the molecule is CSC1=N/C(=C/c2ccc(-c3ccc(Br)cc3)o2)C(=O)S1. The fraction of sp³-hybridized carbons (Fsp3) is 0.0667. The number of rotatable bonds is 2. The summed E-state index contributed by atoms with van der Waals surface area (Å²) in [4.78, 5) is 16.0. The van der Waals surface area contributed by atoms with Crippen molar-refractivity contribution in [1.29, 1.82) is 0 Å². The van der Waals surface area contributed by atoms with Gasteiger partial charge >= 0.3 is 0 Å². The first-order valence-electron chi connectivity index (χ1n) is 6.08. The normalized spacial score (nSPS) is 16.6. The summed E-state index contributed by atoms with van der Waals surface area (Å²) >= 11 is 6.03. The second-order valence-electron chi connectivity index (χ2n) is 4.21. The first-order chi connectivity index (χ1) is 10.2. The number of aliphatic imine (C=N–C) groups is 1. The van der Waals surface area contributed by atoms with E-state index in [0.717, 1.165) is 31.9 Å². The number of halogens is 1. The molecule has 106 valence electrons. The summed E-state index contributed by atoms with van der Waals surface area (Å²) in [7, 11) is 0. The zero-order valence-corrected chi connectivity index (χ0v) is 14.2. The predicted octanol–water partition coefficient (Wildman–Crippen LogP) is 5.04. The minimum atomic E-state index is -0.0408. The maximum absolute atomic E-state index is 11.8. The largest absolute Gasteiger partial charge is 0.457 e. The van der Waals surface area contributed by atoms with Crippen LogP contribution in [0.2, 0.25) is 0 Å². The van der Waals surface area contributed by atoms with E-state index in [1.54, 1.807) is 6.08 Å². The molecule has 3 rings (SSSR count). The standard InChI is InChI=1S/C15H10BrNO2S2/c1-20-15-17-12(14(18)21-15)8-11-6-7-13(19-11)9-2-4-10(16)5-3-9/h2-8H,1H3/b12-8+. The number of carbonyl (C=O) groups is 1. The van der Waals surface area contributed by atoms with Crippen LogP contribution in [0, 0.1) is 0 Å². The van der Waals surface area contributed by atoms with Crippen LogP contribution in [0.25, 0.3) is 17.4 Å². The highest BCUT2D eigenvalue weighted by molar-refractivity contribution is 9.10. The van der Waals surface area contributed by atoms with Crippen LogP contribution in [-0.2, 0) is 4.79 Å². The molecular formula is C15H10BrNO2S2. The topological polar surface area (TPSA) is 42.6 Å². The summed E-state index contributed by atoms with van der Waals surface area (Å²) in [5.41, 5.74) is 1.42. The van der Waals surface area contributed by atoms with Crippen LogP contribution in [0.3, 0.4) is 0 Å². The fourth-order valence-corrected chi connectivity index (χ4v) is 3.34. The van der Waals surface area contributed by atoms with Crippen LogP contribution >= 0.6 is 39.5 Å². The monoisotopic (exact) mass is 379 g/mol. The number of hydrogen-bond acceptors (Lipinski definition) is 5. The Kier molecular flexibility index (Phi) is 4.37. The number of thioether (sulfide) groups is 2. The molecule has 1 aromatic heterocycles. The van der Waals surface area contributed by atoms with Crippen LogP contribution in [0.1, 0.15) is 5.76 Å². The zero-order valence-electron chi connectivity index (χ0n) is 11.0.